The molecule has 0 amide bonds. The van der Waals surface area contributed by atoms with Gasteiger partial charge in [0.2, 0.25) is 0 Å². The first kappa shape index (κ1) is 12.6. The zero-order chi connectivity index (χ0) is 30.1. The number of nitrogens with zero attached hydrogens (tertiary/aromatic N) is 1. The van der Waals surface area contributed by atoms with Gasteiger partial charge in [-0.2, -0.15) is 0 Å². The van der Waals surface area contributed by atoms with Crippen LogP contribution in [0.2, 0.25) is 0 Å². The minimum Gasteiger partial charge on any atom is -0.455 e. The number of furan rings is 1. The van der Waals surface area contributed by atoms with Gasteiger partial charge in [0.25, 0.3) is 0 Å². The van der Waals surface area contributed by atoms with Crippen LogP contribution < -0.4 is 0 Å². The topological polar surface area (TPSA) is 26.0 Å². The van der Waals surface area contributed by atoms with E-state index < -0.39 is 25.5 Å². The van der Waals surface area contributed by atoms with Crippen molar-refractivity contribution < 1.29 is 16.8 Å². The van der Waals surface area contributed by atoms with Crippen LogP contribution >= 0.6 is 0 Å². The van der Waals surface area contributed by atoms with Gasteiger partial charge in [0.05, 0.1) is 7.06 Å². The van der Waals surface area contributed by atoms with Crippen molar-refractivity contribution >= 4 is 21.9 Å². The van der Waals surface area contributed by atoms with Crippen molar-refractivity contribution in [3.63, 3.8) is 0 Å². The molecule has 0 unspecified atom stereocenters. The van der Waals surface area contributed by atoms with Crippen LogP contribution in [0.4, 0.5) is 0 Å². The zero-order valence-corrected chi connectivity index (χ0v) is 18.2. The van der Waals surface area contributed by atoms with Crippen LogP contribution in [0.1, 0.15) is 49.8 Å². The molecule has 0 aliphatic rings. The van der Waals surface area contributed by atoms with Gasteiger partial charge >= 0.3 is 0 Å². The first-order chi connectivity index (χ1) is 18.9. The quantitative estimate of drug-likeness (QED) is 0.288. The Kier molecular flexibility index (Phi) is 3.00. The number of rotatable bonds is 3. The molecule has 0 bridgehead atoms. The normalized spacial score (nSPS) is 17.4. The number of aromatic nitrogens is 1. The van der Waals surface area contributed by atoms with E-state index in [2.05, 4.69) is 4.98 Å². The molecule has 2 heterocycles. The number of hydrogen-bond donors (Lipinski definition) is 0. The molecule has 0 aliphatic carbocycles. The number of fused-ring (bicyclic) bond motifs is 3. The highest BCUT2D eigenvalue weighted by atomic mass is 16.3. The Bertz CT molecular complexity index is 1790. The predicted molar refractivity (Wildman–Crippen MR) is 135 cm³/mol. The lowest BCUT2D eigenvalue weighted by molar-refractivity contribution is 0.411. The van der Waals surface area contributed by atoms with Crippen molar-refractivity contribution in [2.24, 2.45) is 5.41 Å². The van der Waals surface area contributed by atoms with Crippen molar-refractivity contribution in [3.05, 3.63) is 89.6 Å². The molecule has 0 N–H and O–H groups in total. The van der Waals surface area contributed by atoms with Gasteiger partial charge in [0.15, 0.2) is 0 Å². The molecule has 160 valence electrons. The van der Waals surface area contributed by atoms with Crippen molar-refractivity contribution in [2.45, 2.75) is 40.8 Å². The Morgan fingerprint density at radius 3 is 2.53 bits per heavy atom. The number of benzene rings is 3. The highest BCUT2D eigenvalue weighted by Crippen LogP contribution is 2.37. The Morgan fingerprint density at radius 2 is 1.72 bits per heavy atom. The van der Waals surface area contributed by atoms with Gasteiger partial charge in [-0.1, -0.05) is 69.3 Å². The molecular formula is C30H29NO. The van der Waals surface area contributed by atoms with Gasteiger partial charge in [-0.25, -0.2) is 0 Å². The van der Waals surface area contributed by atoms with E-state index in [-0.39, 0.29) is 33.9 Å². The monoisotopic (exact) mass is 428 g/mol. The minimum absolute atomic E-state index is 0.0297. The van der Waals surface area contributed by atoms with E-state index in [0.29, 0.717) is 22.4 Å². The van der Waals surface area contributed by atoms with Crippen molar-refractivity contribution in [1.82, 2.24) is 4.98 Å². The van der Waals surface area contributed by atoms with Crippen molar-refractivity contribution in [2.75, 3.05) is 0 Å². The summed E-state index contributed by atoms with van der Waals surface area (Å²) in [6, 6.07) is 16.8. The first-order valence-electron chi connectivity index (χ1n) is 15.0. The molecule has 0 fully saturated rings. The molecule has 2 aromatic heterocycles. The van der Waals surface area contributed by atoms with E-state index in [1.807, 2.05) is 36.4 Å². The fraction of sp³-hybridized carbons (Fsp3) is 0.233. The van der Waals surface area contributed by atoms with Gasteiger partial charge in [-0.05, 0) is 71.5 Å². The molecule has 3 aromatic carbocycles. The second kappa shape index (κ2) is 7.63. The summed E-state index contributed by atoms with van der Waals surface area (Å²) in [7, 11) is 0. The third kappa shape index (κ3) is 3.71. The number of hydrogen-bond acceptors (Lipinski definition) is 2. The molecule has 5 rings (SSSR count). The molecule has 2 nitrogen and oxygen atoms in total. The highest BCUT2D eigenvalue weighted by Gasteiger charge is 2.16. The first-order valence-corrected chi connectivity index (χ1v) is 10.5. The Labute approximate surface area is 202 Å². The van der Waals surface area contributed by atoms with E-state index in [4.69, 9.17) is 16.8 Å². The number of aryl methyl sites for hydroxylation is 2. The van der Waals surface area contributed by atoms with E-state index in [0.717, 1.165) is 10.8 Å². The summed E-state index contributed by atoms with van der Waals surface area (Å²) < 4.78 is 81.8. The smallest absolute Gasteiger partial charge is 0.144 e. The molecule has 2 heteroatoms. The summed E-state index contributed by atoms with van der Waals surface area (Å²) >= 11 is 0. The molecular weight excluding hydrogens is 390 g/mol. The summed E-state index contributed by atoms with van der Waals surface area (Å²) in [6.07, 6.45) is -0.765. The predicted octanol–water partition coefficient (Wildman–Crippen LogP) is 8.52. The lowest BCUT2D eigenvalue weighted by atomic mass is 9.86. The van der Waals surface area contributed by atoms with Crippen molar-refractivity contribution in [1.29, 1.82) is 0 Å². The lowest BCUT2D eigenvalue weighted by Crippen LogP contribution is -2.09. The highest BCUT2D eigenvalue weighted by molar-refractivity contribution is 6.09. The van der Waals surface area contributed by atoms with Crippen LogP contribution in [0.25, 0.3) is 44.3 Å². The third-order valence-corrected chi connectivity index (χ3v) is 5.31. The summed E-state index contributed by atoms with van der Waals surface area (Å²) in [5, 5.41) is 1.75. The molecule has 0 radical (unpaired) electrons. The van der Waals surface area contributed by atoms with Crippen molar-refractivity contribution in [3.8, 4) is 22.4 Å². The maximum atomic E-state index is 8.90. The summed E-state index contributed by atoms with van der Waals surface area (Å²) in [5.74, 6) is 0. The van der Waals surface area contributed by atoms with E-state index >= 15 is 0 Å². The molecule has 0 saturated heterocycles. The maximum absolute atomic E-state index is 8.90. The van der Waals surface area contributed by atoms with Crippen LogP contribution in [-0.4, -0.2) is 4.98 Å². The van der Waals surface area contributed by atoms with Gasteiger partial charge in [-0.3, -0.25) is 4.98 Å². The third-order valence-electron chi connectivity index (χ3n) is 5.31. The Balaban J connectivity index is 1.83. The fourth-order valence-electron chi connectivity index (χ4n) is 3.98. The lowest BCUT2D eigenvalue weighted by Gasteiger charge is -2.19. The van der Waals surface area contributed by atoms with Crippen LogP contribution in [0.3, 0.4) is 0 Å². The molecule has 0 atom stereocenters. The number of para-hydroxylation sites is 2. The summed E-state index contributed by atoms with van der Waals surface area (Å²) in [6.45, 7) is -0.340. The van der Waals surface area contributed by atoms with E-state index in [1.165, 1.54) is 24.4 Å². The molecule has 5 aromatic rings. The Morgan fingerprint density at radius 1 is 0.906 bits per heavy atom. The average molecular weight is 429 g/mol. The van der Waals surface area contributed by atoms with E-state index in [1.54, 1.807) is 26.8 Å². The zero-order valence-electron chi connectivity index (χ0n) is 27.2. The van der Waals surface area contributed by atoms with Crippen LogP contribution in [0, 0.1) is 19.1 Å². The largest absolute Gasteiger partial charge is 0.455 e. The van der Waals surface area contributed by atoms with Crippen LogP contribution in [0.5, 0.6) is 0 Å². The molecule has 0 aliphatic heterocycles. The molecule has 0 saturated carbocycles. The van der Waals surface area contributed by atoms with E-state index in [9.17, 15) is 0 Å². The minimum atomic E-state index is -2.76. The van der Waals surface area contributed by atoms with Gasteiger partial charge < -0.3 is 4.42 Å². The summed E-state index contributed by atoms with van der Waals surface area (Å²) in [4.78, 5) is 4.45. The van der Waals surface area contributed by atoms with Crippen LogP contribution in [-0.2, 0) is 6.37 Å². The molecule has 32 heavy (non-hydrogen) atoms. The number of pyridine rings is 1. The second-order valence-electron chi connectivity index (χ2n) is 8.95. The maximum Gasteiger partial charge on any atom is 0.144 e. The SMILES string of the molecule is [2H]c1cc(C([2H])([2H])C(C)(C)C)cc(C([2H])([2H])[2H])c1-c1cc(-c2cccc3c2oc2ccccc23)ncc1C([2H])([2H])[2H]. The van der Waals surface area contributed by atoms with Gasteiger partial charge in [0, 0.05) is 33.5 Å². The Hall–Kier alpha value is -3.39. The fourth-order valence-corrected chi connectivity index (χ4v) is 3.98. The average Bonchev–Trinajstić information content (AvgIpc) is 3.25. The standard InChI is InChI=1S/C30H29NO/c1-19-15-21(17-30(3,4)5)13-14-22(19)26-16-27(31-18-20(26)2)25-11-8-10-24-23-9-6-7-12-28(23)32-29(24)25/h6-16,18H,17H2,1-5H3/i1D3,2D3,14D,17D2. The van der Waals surface area contributed by atoms with Crippen LogP contribution in [0.15, 0.2) is 77.3 Å². The van der Waals surface area contributed by atoms with Gasteiger partial charge in [-0.15, -0.1) is 0 Å². The molecule has 0 spiro atoms. The van der Waals surface area contributed by atoms with Gasteiger partial charge in [0.1, 0.15) is 11.2 Å². The summed E-state index contributed by atoms with van der Waals surface area (Å²) in [5.41, 5.74) is 0.740. The second-order valence-corrected chi connectivity index (χ2v) is 8.95.